The number of rotatable bonds is 5. The molecule has 0 unspecified atom stereocenters. The molecule has 1 amide bonds. The van der Waals surface area contributed by atoms with E-state index >= 15 is 0 Å². The summed E-state index contributed by atoms with van der Waals surface area (Å²) in [6.07, 6.45) is 1.20. The van der Waals surface area contributed by atoms with Crippen LogP contribution in [0.5, 0.6) is 5.75 Å². The highest BCUT2D eigenvalue weighted by atomic mass is 35.5. The Morgan fingerprint density at radius 1 is 1.00 bits per heavy atom. The highest BCUT2D eigenvalue weighted by Gasteiger charge is 2.22. The summed E-state index contributed by atoms with van der Waals surface area (Å²) in [7, 11) is 0. The minimum atomic E-state index is -0.461. The van der Waals surface area contributed by atoms with Gasteiger partial charge in [-0.15, -0.1) is 11.6 Å². The van der Waals surface area contributed by atoms with Gasteiger partial charge in [0.1, 0.15) is 11.8 Å². The van der Waals surface area contributed by atoms with E-state index in [0.29, 0.717) is 5.75 Å². The Kier molecular flexibility index (Phi) is 5.84. The summed E-state index contributed by atoms with van der Waals surface area (Å²) < 4.78 is 5.42. The maximum absolute atomic E-state index is 12.5. The van der Waals surface area contributed by atoms with Crippen LogP contribution in [0.15, 0.2) is 48.5 Å². The summed E-state index contributed by atoms with van der Waals surface area (Å²) in [5, 5.41) is 0. The Bertz CT molecular complexity index is 606. The predicted octanol–water partition coefficient (Wildman–Crippen LogP) is 5.01. The van der Waals surface area contributed by atoms with Crippen molar-refractivity contribution in [1.29, 1.82) is 0 Å². The van der Waals surface area contributed by atoms with Gasteiger partial charge in [0.2, 0.25) is 0 Å². The summed E-state index contributed by atoms with van der Waals surface area (Å²) in [4.78, 5) is 14.0. The molecule has 0 aromatic heterocycles. The van der Waals surface area contributed by atoms with Crippen molar-refractivity contribution < 1.29 is 9.53 Å². The number of carbonyl (C=O) groups is 1. The van der Waals surface area contributed by atoms with Gasteiger partial charge in [-0.05, 0) is 36.1 Å². The van der Waals surface area contributed by atoms with E-state index in [2.05, 4.69) is 13.8 Å². The summed E-state index contributed by atoms with van der Waals surface area (Å²) >= 11 is 6.05. The van der Waals surface area contributed by atoms with Gasteiger partial charge in [-0.3, -0.25) is 4.90 Å². The largest absolute Gasteiger partial charge is 0.420 e. The smallest absolute Gasteiger partial charge is 0.410 e. The maximum atomic E-state index is 12.5. The van der Waals surface area contributed by atoms with Crippen LogP contribution in [0.2, 0.25) is 0 Å². The van der Waals surface area contributed by atoms with Crippen LogP contribution >= 0.6 is 11.6 Å². The molecule has 0 radical (unpaired) electrons. The molecule has 3 nitrogen and oxygen atoms in total. The van der Waals surface area contributed by atoms with Crippen molar-refractivity contribution in [3.63, 3.8) is 0 Å². The lowest BCUT2D eigenvalue weighted by Gasteiger charge is -2.24. The molecule has 0 heterocycles. The van der Waals surface area contributed by atoms with Crippen LogP contribution in [-0.4, -0.2) is 12.1 Å². The number of benzene rings is 2. The molecule has 0 aliphatic rings. The quantitative estimate of drug-likeness (QED) is 0.573. The van der Waals surface area contributed by atoms with E-state index in [4.69, 9.17) is 16.3 Å². The lowest BCUT2D eigenvalue weighted by molar-refractivity contribution is 0.208. The van der Waals surface area contributed by atoms with Crippen molar-refractivity contribution >= 4 is 23.4 Å². The zero-order valence-corrected chi connectivity index (χ0v) is 13.6. The van der Waals surface area contributed by atoms with Gasteiger partial charge in [-0.1, -0.05) is 50.2 Å². The van der Waals surface area contributed by atoms with Crippen molar-refractivity contribution in [1.82, 2.24) is 0 Å². The summed E-state index contributed by atoms with van der Waals surface area (Å²) in [5.74, 6) is 0.509. The molecule has 2 aromatic carbocycles. The lowest BCUT2D eigenvalue weighted by Crippen LogP contribution is -2.34. The van der Waals surface area contributed by atoms with E-state index in [1.54, 1.807) is 12.1 Å². The minimum absolute atomic E-state index is 0.0513. The summed E-state index contributed by atoms with van der Waals surface area (Å²) in [5.41, 5.74) is 3.04. The summed E-state index contributed by atoms with van der Waals surface area (Å²) in [6.45, 7) is 4.13. The first kappa shape index (κ1) is 16.4. The molecule has 4 heteroatoms. The first-order valence-corrected chi connectivity index (χ1v) is 7.95. The van der Waals surface area contributed by atoms with Gasteiger partial charge in [-0.25, -0.2) is 4.79 Å². The van der Waals surface area contributed by atoms with E-state index in [1.807, 2.05) is 36.4 Å². The van der Waals surface area contributed by atoms with Gasteiger partial charge in [0, 0.05) is 0 Å². The molecule has 0 fully saturated rings. The van der Waals surface area contributed by atoms with Crippen LogP contribution in [0.1, 0.15) is 25.0 Å². The molecule has 2 aromatic rings. The van der Waals surface area contributed by atoms with Gasteiger partial charge >= 0.3 is 6.09 Å². The molecule has 0 aliphatic heterocycles. The first-order chi connectivity index (χ1) is 10.7. The number of anilines is 1. The Hall–Kier alpha value is -2.00. The van der Waals surface area contributed by atoms with E-state index in [-0.39, 0.29) is 6.00 Å². The Labute approximate surface area is 136 Å². The molecule has 0 bridgehead atoms. The van der Waals surface area contributed by atoms with Crippen LogP contribution in [0.25, 0.3) is 0 Å². The SMILES string of the molecule is CCc1cccc(CC)c1N(CCl)C(=O)Oc1ccccc1. The average molecular weight is 318 g/mol. The van der Waals surface area contributed by atoms with Gasteiger partial charge in [-0.2, -0.15) is 0 Å². The van der Waals surface area contributed by atoms with Crippen LogP contribution in [-0.2, 0) is 12.8 Å². The van der Waals surface area contributed by atoms with Crippen molar-refractivity contribution in [2.24, 2.45) is 0 Å². The fourth-order valence-electron chi connectivity index (χ4n) is 2.41. The highest BCUT2D eigenvalue weighted by Crippen LogP contribution is 2.28. The van der Waals surface area contributed by atoms with Crippen molar-refractivity contribution in [2.75, 3.05) is 10.9 Å². The van der Waals surface area contributed by atoms with Gasteiger partial charge in [0.25, 0.3) is 0 Å². The molecule has 0 N–H and O–H groups in total. The van der Waals surface area contributed by atoms with Crippen LogP contribution < -0.4 is 9.64 Å². The number of aryl methyl sites for hydroxylation is 2. The Morgan fingerprint density at radius 2 is 1.59 bits per heavy atom. The Balaban J connectivity index is 2.33. The highest BCUT2D eigenvalue weighted by molar-refractivity contribution is 6.21. The molecule has 116 valence electrons. The number of amides is 1. The van der Waals surface area contributed by atoms with E-state index < -0.39 is 6.09 Å². The molecular formula is C18H20ClNO2. The molecule has 22 heavy (non-hydrogen) atoms. The molecule has 2 rings (SSSR count). The number of carbonyl (C=O) groups excluding carboxylic acids is 1. The van der Waals surface area contributed by atoms with Crippen molar-refractivity contribution in [3.05, 3.63) is 59.7 Å². The third-order valence-corrected chi connectivity index (χ3v) is 3.76. The standard InChI is InChI=1S/C18H20ClNO2/c1-3-14-9-8-10-15(4-2)17(14)20(13-19)18(21)22-16-11-6-5-7-12-16/h5-12H,3-4,13H2,1-2H3. The monoisotopic (exact) mass is 317 g/mol. The molecule has 0 saturated heterocycles. The van der Waals surface area contributed by atoms with Crippen molar-refractivity contribution in [2.45, 2.75) is 26.7 Å². The van der Waals surface area contributed by atoms with Gasteiger partial charge in [0.15, 0.2) is 0 Å². The molecule has 0 spiro atoms. The number of alkyl halides is 1. The lowest BCUT2D eigenvalue weighted by atomic mass is 10.0. The maximum Gasteiger partial charge on any atom is 0.420 e. The number of nitrogens with zero attached hydrogens (tertiary/aromatic N) is 1. The number of para-hydroxylation sites is 2. The molecule has 0 aliphatic carbocycles. The fourth-order valence-corrected chi connectivity index (χ4v) is 2.62. The fraction of sp³-hybridized carbons (Fsp3) is 0.278. The van der Waals surface area contributed by atoms with Gasteiger partial charge in [0.05, 0.1) is 5.69 Å². The zero-order valence-electron chi connectivity index (χ0n) is 12.9. The minimum Gasteiger partial charge on any atom is -0.410 e. The van der Waals surface area contributed by atoms with Crippen LogP contribution in [0, 0.1) is 0 Å². The topological polar surface area (TPSA) is 29.5 Å². The van der Waals surface area contributed by atoms with E-state index in [1.165, 1.54) is 4.90 Å². The second-order valence-corrected chi connectivity index (χ2v) is 5.10. The number of hydrogen-bond donors (Lipinski definition) is 0. The number of ether oxygens (including phenoxy) is 1. The summed E-state index contributed by atoms with van der Waals surface area (Å²) in [6, 6.07) is 15.1. The zero-order chi connectivity index (χ0) is 15.9. The molecule has 0 saturated carbocycles. The second-order valence-electron chi connectivity index (χ2n) is 4.86. The van der Waals surface area contributed by atoms with Gasteiger partial charge < -0.3 is 4.74 Å². The van der Waals surface area contributed by atoms with Crippen LogP contribution in [0.3, 0.4) is 0 Å². The normalized spacial score (nSPS) is 10.3. The molecular weight excluding hydrogens is 298 g/mol. The first-order valence-electron chi connectivity index (χ1n) is 7.42. The predicted molar refractivity (Wildman–Crippen MR) is 90.9 cm³/mol. The second kappa shape index (κ2) is 7.85. The number of halogens is 1. The average Bonchev–Trinajstić information content (AvgIpc) is 2.56. The Morgan fingerprint density at radius 3 is 2.09 bits per heavy atom. The van der Waals surface area contributed by atoms with E-state index in [0.717, 1.165) is 29.7 Å². The number of hydrogen-bond acceptors (Lipinski definition) is 2. The third kappa shape index (κ3) is 3.60. The third-order valence-electron chi connectivity index (χ3n) is 3.52. The van der Waals surface area contributed by atoms with Crippen molar-refractivity contribution in [3.8, 4) is 5.75 Å². The van der Waals surface area contributed by atoms with Crippen LogP contribution in [0.4, 0.5) is 10.5 Å². The molecule has 0 atom stereocenters. The van der Waals surface area contributed by atoms with E-state index in [9.17, 15) is 4.79 Å².